The Morgan fingerprint density at radius 1 is 0.387 bits per heavy atom. The number of nitrogens with zero attached hydrogens (tertiary/aromatic N) is 2. The molecule has 290 valence electrons. The quantitative estimate of drug-likeness (QED) is 0.167. The highest BCUT2D eigenvalue weighted by Crippen LogP contribution is 2.50. The van der Waals surface area contributed by atoms with Gasteiger partial charge in [0.1, 0.15) is 11.2 Å². The van der Waals surface area contributed by atoms with E-state index in [1.54, 1.807) is 0 Å². The summed E-state index contributed by atoms with van der Waals surface area (Å²) in [5, 5.41) is 9.60. The summed E-state index contributed by atoms with van der Waals surface area (Å²) in [6.07, 6.45) is 0. The Labute approximate surface area is 361 Å². The Hall–Kier alpha value is -7.92. The largest absolute Gasteiger partial charge is 0.455 e. The third kappa shape index (κ3) is 5.30. The van der Waals surface area contributed by atoms with Gasteiger partial charge in [0.25, 0.3) is 0 Å². The van der Waals surface area contributed by atoms with Crippen LogP contribution in [0.5, 0.6) is 0 Å². The van der Waals surface area contributed by atoms with E-state index in [-0.39, 0.29) is 0 Å². The molecule has 0 saturated heterocycles. The summed E-state index contributed by atoms with van der Waals surface area (Å²) in [5.41, 5.74) is 13.0. The summed E-state index contributed by atoms with van der Waals surface area (Å²) in [7, 11) is 0. The molecule has 3 nitrogen and oxygen atoms in total. The maximum Gasteiger partial charge on any atom is 0.145 e. The maximum absolute atomic E-state index is 6.97. The molecule has 4 heteroatoms. The molecule has 10 aromatic carbocycles. The highest BCUT2D eigenvalue weighted by atomic mass is 32.1. The lowest BCUT2D eigenvalue weighted by molar-refractivity contribution is 0.670. The summed E-state index contributed by atoms with van der Waals surface area (Å²) in [6.45, 7) is 0. The van der Waals surface area contributed by atoms with Crippen molar-refractivity contribution in [3.8, 4) is 27.9 Å². The fraction of sp³-hybridized carbons (Fsp3) is 0. The average molecular weight is 809 g/mol. The van der Waals surface area contributed by atoms with Crippen LogP contribution < -0.4 is 4.90 Å². The van der Waals surface area contributed by atoms with E-state index in [4.69, 9.17) is 4.42 Å². The third-order valence-electron chi connectivity index (χ3n) is 12.6. The third-order valence-corrected chi connectivity index (χ3v) is 13.8. The van der Waals surface area contributed by atoms with Crippen molar-refractivity contribution in [3.63, 3.8) is 0 Å². The van der Waals surface area contributed by atoms with Gasteiger partial charge in [-0.2, -0.15) is 0 Å². The van der Waals surface area contributed by atoms with Crippen molar-refractivity contribution < 1.29 is 4.42 Å². The Kier molecular flexibility index (Phi) is 7.78. The van der Waals surface area contributed by atoms with E-state index in [2.05, 4.69) is 228 Å². The first kappa shape index (κ1) is 34.9. The number of furan rings is 1. The second kappa shape index (κ2) is 13.8. The molecule has 3 aromatic heterocycles. The standard InChI is InChI=1S/C58H36N2OS/c1-2-16-41-37(14-1)15-13-25-50(41)60(49-22-8-3-17-42(49)39-30-35-56-48(36-39)46-20-7-12-27-55(46)62-56)53-34-33-43(58-57(53)47-21-6-11-26-54(47)61-58)38-28-31-40(32-29-38)59-51-23-9-4-18-44(51)45-19-5-10-24-52(45)59/h1-36H. The van der Waals surface area contributed by atoms with Crippen LogP contribution in [-0.2, 0) is 0 Å². The molecular formula is C58H36N2OS. The lowest BCUT2D eigenvalue weighted by Gasteiger charge is -2.30. The van der Waals surface area contributed by atoms with E-state index < -0.39 is 0 Å². The van der Waals surface area contributed by atoms with Gasteiger partial charge in [0.2, 0.25) is 0 Å². The number of rotatable bonds is 6. The first-order chi connectivity index (χ1) is 30.8. The molecule has 0 fully saturated rings. The molecule has 0 aliphatic carbocycles. The minimum absolute atomic E-state index is 0.860. The van der Waals surface area contributed by atoms with Crippen LogP contribution >= 0.6 is 11.3 Å². The lowest BCUT2D eigenvalue weighted by atomic mass is 9.96. The molecule has 13 aromatic rings. The number of hydrogen-bond donors (Lipinski definition) is 0. The predicted molar refractivity (Wildman–Crippen MR) is 264 cm³/mol. The predicted octanol–water partition coefficient (Wildman–Crippen LogP) is 17.0. The topological polar surface area (TPSA) is 21.3 Å². The Balaban J connectivity index is 1.04. The molecule has 0 radical (unpaired) electrons. The van der Waals surface area contributed by atoms with Crippen molar-refractivity contribution in [1.82, 2.24) is 4.57 Å². The number of fused-ring (bicyclic) bond motifs is 10. The van der Waals surface area contributed by atoms with Gasteiger partial charge in [-0.1, -0.05) is 146 Å². The summed E-state index contributed by atoms with van der Waals surface area (Å²) < 4.78 is 11.9. The number of benzene rings is 10. The normalized spacial score (nSPS) is 11.9. The zero-order valence-corrected chi connectivity index (χ0v) is 34.3. The van der Waals surface area contributed by atoms with Crippen molar-refractivity contribution in [2.45, 2.75) is 0 Å². The van der Waals surface area contributed by atoms with Crippen molar-refractivity contribution in [1.29, 1.82) is 0 Å². The minimum atomic E-state index is 0.860. The molecular weight excluding hydrogens is 773 g/mol. The summed E-state index contributed by atoms with van der Waals surface area (Å²) in [5.74, 6) is 0. The van der Waals surface area contributed by atoms with Gasteiger partial charge < -0.3 is 13.9 Å². The van der Waals surface area contributed by atoms with Crippen LogP contribution in [0.4, 0.5) is 17.1 Å². The molecule has 0 amide bonds. The highest BCUT2D eigenvalue weighted by molar-refractivity contribution is 7.25. The Morgan fingerprint density at radius 3 is 1.82 bits per heavy atom. The van der Waals surface area contributed by atoms with Crippen LogP contribution in [-0.4, -0.2) is 4.57 Å². The van der Waals surface area contributed by atoms with Crippen LogP contribution in [0.3, 0.4) is 0 Å². The van der Waals surface area contributed by atoms with Gasteiger partial charge >= 0.3 is 0 Å². The average Bonchev–Trinajstić information content (AvgIpc) is 4.02. The fourth-order valence-corrected chi connectivity index (χ4v) is 10.9. The highest BCUT2D eigenvalue weighted by Gasteiger charge is 2.25. The van der Waals surface area contributed by atoms with Crippen molar-refractivity contribution in [3.05, 3.63) is 218 Å². The van der Waals surface area contributed by atoms with E-state index in [1.807, 2.05) is 11.3 Å². The van der Waals surface area contributed by atoms with Crippen molar-refractivity contribution >= 4 is 103 Å². The Morgan fingerprint density at radius 2 is 1.00 bits per heavy atom. The van der Waals surface area contributed by atoms with Crippen LogP contribution in [0, 0.1) is 0 Å². The number of hydrogen-bond acceptors (Lipinski definition) is 3. The fourth-order valence-electron chi connectivity index (χ4n) is 9.81. The number of para-hydroxylation sites is 4. The molecule has 0 N–H and O–H groups in total. The van der Waals surface area contributed by atoms with Crippen LogP contribution in [0.2, 0.25) is 0 Å². The van der Waals surface area contributed by atoms with Gasteiger partial charge in [-0.15, -0.1) is 11.3 Å². The molecule has 0 bridgehead atoms. The molecule has 3 heterocycles. The second-order valence-electron chi connectivity index (χ2n) is 16.0. The van der Waals surface area contributed by atoms with Crippen LogP contribution in [0.15, 0.2) is 223 Å². The first-order valence-corrected chi connectivity index (χ1v) is 21.9. The summed E-state index contributed by atoms with van der Waals surface area (Å²) >= 11 is 1.85. The van der Waals surface area contributed by atoms with E-state index in [0.29, 0.717) is 0 Å². The number of aromatic nitrogens is 1. The van der Waals surface area contributed by atoms with Crippen molar-refractivity contribution in [2.24, 2.45) is 0 Å². The molecule has 0 spiro atoms. The first-order valence-electron chi connectivity index (χ1n) is 21.1. The lowest BCUT2D eigenvalue weighted by Crippen LogP contribution is -2.12. The zero-order valence-electron chi connectivity index (χ0n) is 33.5. The second-order valence-corrected chi connectivity index (χ2v) is 17.1. The molecule has 13 rings (SSSR count). The van der Waals surface area contributed by atoms with E-state index in [0.717, 1.165) is 61.4 Å². The van der Waals surface area contributed by atoms with Gasteiger partial charge in [0.05, 0.1) is 33.5 Å². The molecule has 0 aliphatic rings. The van der Waals surface area contributed by atoms with E-state index in [9.17, 15) is 0 Å². The van der Waals surface area contributed by atoms with E-state index >= 15 is 0 Å². The molecule has 62 heavy (non-hydrogen) atoms. The molecule has 0 atom stereocenters. The molecule has 0 saturated carbocycles. The van der Waals surface area contributed by atoms with Gasteiger partial charge in [0, 0.05) is 58.5 Å². The van der Waals surface area contributed by atoms with Crippen molar-refractivity contribution in [2.75, 3.05) is 4.90 Å². The smallest absolute Gasteiger partial charge is 0.145 e. The maximum atomic E-state index is 6.97. The molecule has 0 unspecified atom stereocenters. The van der Waals surface area contributed by atoms with Gasteiger partial charge in [-0.3, -0.25) is 0 Å². The Bertz CT molecular complexity index is 3830. The van der Waals surface area contributed by atoms with Crippen LogP contribution in [0.25, 0.3) is 103 Å². The van der Waals surface area contributed by atoms with Gasteiger partial charge in [-0.05, 0) is 89.3 Å². The van der Waals surface area contributed by atoms with Crippen LogP contribution in [0.1, 0.15) is 0 Å². The summed E-state index contributed by atoms with van der Waals surface area (Å²) in [6, 6.07) is 79.2. The van der Waals surface area contributed by atoms with E-state index in [1.165, 1.54) is 58.3 Å². The SMILES string of the molecule is c1ccc(N(c2cccc3ccccc23)c2ccc(-c3ccc(-n4c5ccccc5c5ccccc54)cc3)c3oc4ccccc4c23)c(-c2ccc3sc4ccccc4c3c2)c1. The monoisotopic (exact) mass is 808 g/mol. The van der Waals surface area contributed by atoms with Gasteiger partial charge in [-0.25, -0.2) is 0 Å². The zero-order chi connectivity index (χ0) is 40.7. The molecule has 0 aliphatic heterocycles. The number of thiophene rings is 1. The number of anilines is 3. The minimum Gasteiger partial charge on any atom is -0.455 e. The summed E-state index contributed by atoms with van der Waals surface area (Å²) in [4.78, 5) is 2.47. The van der Waals surface area contributed by atoms with Gasteiger partial charge in [0.15, 0.2) is 0 Å².